The molecule has 0 N–H and O–H groups in total. The predicted octanol–water partition coefficient (Wildman–Crippen LogP) is 3.67. The van der Waals surface area contributed by atoms with E-state index in [1.165, 1.54) is 4.31 Å². The molecule has 150 valence electrons. The highest BCUT2D eigenvalue weighted by Gasteiger charge is 2.34. The molecular weight excluding hydrogens is 372 g/mol. The first-order chi connectivity index (χ1) is 13.5. The second kappa shape index (κ2) is 9.34. The minimum Gasteiger partial charge on any atom is -0.340 e. The van der Waals surface area contributed by atoms with E-state index < -0.39 is 10.0 Å². The fraction of sp³-hybridized carbons (Fsp3) is 0.409. The lowest BCUT2D eigenvalue weighted by atomic mass is 9.95. The van der Waals surface area contributed by atoms with Gasteiger partial charge in [-0.3, -0.25) is 4.79 Å². The molecule has 1 aliphatic rings. The molecule has 0 bridgehead atoms. The van der Waals surface area contributed by atoms with Crippen molar-refractivity contribution in [1.29, 1.82) is 0 Å². The summed E-state index contributed by atoms with van der Waals surface area (Å²) in [6, 6.07) is 18.0. The number of nitrogens with zero attached hydrogens (tertiary/aromatic N) is 2. The molecule has 0 unspecified atom stereocenters. The van der Waals surface area contributed by atoms with Gasteiger partial charge in [0.05, 0.1) is 11.4 Å². The third kappa shape index (κ3) is 5.00. The maximum absolute atomic E-state index is 13.3. The van der Waals surface area contributed by atoms with Gasteiger partial charge in [-0.1, -0.05) is 67.8 Å². The molecule has 6 heteroatoms. The summed E-state index contributed by atoms with van der Waals surface area (Å²) < 4.78 is 28.0. The molecule has 0 spiro atoms. The van der Waals surface area contributed by atoms with Crippen molar-refractivity contribution in [2.24, 2.45) is 0 Å². The van der Waals surface area contributed by atoms with Gasteiger partial charge in [-0.05, 0) is 30.5 Å². The average Bonchev–Trinajstić information content (AvgIpc) is 2.73. The van der Waals surface area contributed by atoms with Crippen LogP contribution < -0.4 is 0 Å². The summed E-state index contributed by atoms with van der Waals surface area (Å²) in [6.07, 6.45) is 4.74. The Morgan fingerprint density at radius 1 is 0.929 bits per heavy atom. The molecule has 1 amide bonds. The Morgan fingerprint density at radius 3 is 2.11 bits per heavy atom. The fourth-order valence-corrected chi connectivity index (χ4v) is 5.36. The molecule has 2 aromatic rings. The summed E-state index contributed by atoms with van der Waals surface area (Å²) in [5.41, 5.74) is 1.02. The smallest absolute Gasteiger partial charge is 0.243 e. The highest BCUT2D eigenvalue weighted by atomic mass is 32.2. The summed E-state index contributed by atoms with van der Waals surface area (Å²) in [7, 11) is -1.99. The van der Waals surface area contributed by atoms with Crippen LogP contribution >= 0.6 is 0 Å². The van der Waals surface area contributed by atoms with Gasteiger partial charge in [0.2, 0.25) is 15.9 Å². The number of carbonyl (C=O) groups is 1. The molecule has 0 saturated heterocycles. The van der Waals surface area contributed by atoms with E-state index in [2.05, 4.69) is 0 Å². The normalized spacial score (nSPS) is 15.5. The third-order valence-electron chi connectivity index (χ3n) is 5.31. The van der Waals surface area contributed by atoms with Crippen molar-refractivity contribution in [2.45, 2.75) is 49.6 Å². The van der Waals surface area contributed by atoms with E-state index in [9.17, 15) is 13.2 Å². The van der Waals surface area contributed by atoms with Gasteiger partial charge in [-0.25, -0.2) is 8.42 Å². The summed E-state index contributed by atoms with van der Waals surface area (Å²) in [5, 5.41) is 0. The van der Waals surface area contributed by atoms with Crippen LogP contribution in [0.5, 0.6) is 0 Å². The Morgan fingerprint density at radius 2 is 1.50 bits per heavy atom. The van der Waals surface area contributed by atoms with Crippen LogP contribution in [0.1, 0.15) is 37.7 Å². The van der Waals surface area contributed by atoms with Gasteiger partial charge in [-0.15, -0.1) is 0 Å². The predicted molar refractivity (Wildman–Crippen MR) is 110 cm³/mol. The molecule has 0 aromatic heterocycles. The monoisotopic (exact) mass is 400 g/mol. The molecule has 0 radical (unpaired) electrons. The summed E-state index contributed by atoms with van der Waals surface area (Å²) in [5.74, 6) is -0.186. The molecule has 3 rings (SSSR count). The van der Waals surface area contributed by atoms with Crippen LogP contribution in [-0.4, -0.2) is 43.2 Å². The molecule has 28 heavy (non-hydrogen) atoms. The molecule has 1 aliphatic carbocycles. The number of likely N-dealkylation sites (N-methyl/N-ethyl adjacent to an activating group) is 1. The summed E-state index contributed by atoms with van der Waals surface area (Å²) in [6.45, 7) is 0.342. The maximum atomic E-state index is 13.3. The first kappa shape index (κ1) is 20.6. The van der Waals surface area contributed by atoms with E-state index in [1.807, 2.05) is 30.3 Å². The number of benzene rings is 2. The van der Waals surface area contributed by atoms with Crippen LogP contribution in [0.4, 0.5) is 0 Å². The Labute approximate surface area is 168 Å². The van der Waals surface area contributed by atoms with Gasteiger partial charge in [0.15, 0.2) is 0 Å². The standard InChI is InChI=1S/C22H28N2O3S/c1-23(17-19-11-5-2-6-12-19)22(25)18-24(20-13-7-3-8-14-20)28(26,27)21-15-9-4-10-16-21/h2,4-6,9-12,15-16,20H,3,7-8,13-14,17-18H2,1H3. The van der Waals surface area contributed by atoms with Crippen molar-refractivity contribution >= 4 is 15.9 Å². The molecular formula is C22H28N2O3S. The first-order valence-corrected chi connectivity index (χ1v) is 11.3. The molecule has 0 aliphatic heterocycles. The number of carbonyl (C=O) groups excluding carboxylic acids is 1. The molecule has 5 nitrogen and oxygen atoms in total. The van der Waals surface area contributed by atoms with Crippen LogP contribution in [-0.2, 0) is 21.4 Å². The average molecular weight is 401 g/mol. The second-order valence-electron chi connectivity index (χ2n) is 7.39. The van der Waals surface area contributed by atoms with E-state index in [1.54, 1.807) is 42.3 Å². The van der Waals surface area contributed by atoms with Crippen molar-refractivity contribution in [3.63, 3.8) is 0 Å². The molecule has 2 aromatic carbocycles. The van der Waals surface area contributed by atoms with Gasteiger partial charge in [0.25, 0.3) is 0 Å². The van der Waals surface area contributed by atoms with E-state index in [0.29, 0.717) is 6.54 Å². The summed E-state index contributed by atoms with van der Waals surface area (Å²) in [4.78, 5) is 14.8. The Hall–Kier alpha value is -2.18. The second-order valence-corrected chi connectivity index (χ2v) is 9.28. The lowest BCUT2D eigenvalue weighted by molar-refractivity contribution is -0.131. The van der Waals surface area contributed by atoms with Crippen molar-refractivity contribution in [3.05, 3.63) is 66.2 Å². The lowest BCUT2D eigenvalue weighted by Gasteiger charge is -2.34. The van der Waals surface area contributed by atoms with E-state index in [4.69, 9.17) is 0 Å². The van der Waals surface area contributed by atoms with Crippen LogP contribution in [0, 0.1) is 0 Å². The number of rotatable bonds is 7. The molecule has 0 heterocycles. The number of hydrogen-bond acceptors (Lipinski definition) is 3. The molecule has 1 fully saturated rings. The number of hydrogen-bond donors (Lipinski definition) is 0. The SMILES string of the molecule is CN(Cc1ccccc1)C(=O)CN(C1CCCCC1)S(=O)(=O)c1ccccc1. The largest absolute Gasteiger partial charge is 0.340 e. The Kier molecular flexibility index (Phi) is 6.86. The van der Waals surface area contributed by atoms with Gasteiger partial charge in [0, 0.05) is 19.6 Å². The van der Waals surface area contributed by atoms with Crippen LogP contribution in [0.3, 0.4) is 0 Å². The number of sulfonamides is 1. The third-order valence-corrected chi connectivity index (χ3v) is 7.22. The topological polar surface area (TPSA) is 57.7 Å². The minimum atomic E-state index is -3.72. The van der Waals surface area contributed by atoms with Crippen molar-refractivity contribution in [2.75, 3.05) is 13.6 Å². The molecule has 0 atom stereocenters. The van der Waals surface area contributed by atoms with Crippen molar-refractivity contribution in [3.8, 4) is 0 Å². The molecule has 1 saturated carbocycles. The highest BCUT2D eigenvalue weighted by molar-refractivity contribution is 7.89. The maximum Gasteiger partial charge on any atom is 0.243 e. The lowest BCUT2D eigenvalue weighted by Crippen LogP contribution is -2.47. The van der Waals surface area contributed by atoms with E-state index in [0.717, 1.165) is 37.7 Å². The number of amides is 1. The van der Waals surface area contributed by atoms with Gasteiger partial charge >= 0.3 is 0 Å². The fourth-order valence-electron chi connectivity index (χ4n) is 3.71. The quantitative estimate of drug-likeness (QED) is 0.713. The van der Waals surface area contributed by atoms with E-state index in [-0.39, 0.29) is 23.4 Å². The van der Waals surface area contributed by atoms with Crippen molar-refractivity contribution in [1.82, 2.24) is 9.21 Å². The van der Waals surface area contributed by atoms with Gasteiger partial charge < -0.3 is 4.90 Å². The first-order valence-electron chi connectivity index (χ1n) is 9.83. The van der Waals surface area contributed by atoms with Gasteiger partial charge in [-0.2, -0.15) is 4.31 Å². The van der Waals surface area contributed by atoms with E-state index >= 15 is 0 Å². The van der Waals surface area contributed by atoms with Crippen LogP contribution in [0.2, 0.25) is 0 Å². The minimum absolute atomic E-state index is 0.118. The zero-order valence-corrected chi connectivity index (χ0v) is 17.1. The summed E-state index contributed by atoms with van der Waals surface area (Å²) >= 11 is 0. The Balaban J connectivity index is 1.80. The highest BCUT2D eigenvalue weighted by Crippen LogP contribution is 2.28. The zero-order chi connectivity index (χ0) is 20.0. The Bertz CT molecular complexity index is 863. The van der Waals surface area contributed by atoms with Gasteiger partial charge in [0.1, 0.15) is 0 Å². The van der Waals surface area contributed by atoms with Crippen molar-refractivity contribution < 1.29 is 13.2 Å². The van der Waals surface area contributed by atoms with Crippen LogP contribution in [0.15, 0.2) is 65.6 Å². The van der Waals surface area contributed by atoms with Crippen LogP contribution in [0.25, 0.3) is 0 Å². The zero-order valence-electron chi connectivity index (χ0n) is 16.3.